The minimum absolute atomic E-state index is 0.481. The maximum Gasteiger partial charge on any atom is 0.124 e. The molecule has 0 spiro atoms. The third-order valence-corrected chi connectivity index (χ3v) is 3.69. The van der Waals surface area contributed by atoms with Crippen molar-refractivity contribution in [1.29, 1.82) is 0 Å². The summed E-state index contributed by atoms with van der Waals surface area (Å²) in [4.78, 5) is 0. The van der Waals surface area contributed by atoms with Gasteiger partial charge in [-0.3, -0.25) is 0 Å². The summed E-state index contributed by atoms with van der Waals surface area (Å²) in [7, 11) is 0. The molecule has 1 atom stereocenters. The lowest BCUT2D eigenvalue weighted by Gasteiger charge is -2.23. The van der Waals surface area contributed by atoms with Gasteiger partial charge in [0.05, 0.1) is 6.61 Å². The molecular formula is C13H16ClNO. The summed E-state index contributed by atoms with van der Waals surface area (Å²) in [5, 5.41) is 4.33. The molecule has 1 aromatic carbocycles. The van der Waals surface area contributed by atoms with E-state index in [1.165, 1.54) is 24.0 Å². The lowest BCUT2D eigenvalue weighted by molar-refractivity contribution is 0.287. The van der Waals surface area contributed by atoms with Gasteiger partial charge >= 0.3 is 0 Å². The molecule has 0 amide bonds. The van der Waals surface area contributed by atoms with Crippen LogP contribution < -0.4 is 10.1 Å². The zero-order chi connectivity index (χ0) is 11.0. The summed E-state index contributed by atoms with van der Waals surface area (Å²) in [5.74, 6) is 1.00. The highest BCUT2D eigenvalue weighted by Crippen LogP contribution is 2.37. The molecule has 0 saturated carbocycles. The minimum Gasteiger partial charge on any atom is -0.493 e. The van der Waals surface area contributed by atoms with Gasteiger partial charge in [-0.1, -0.05) is 11.6 Å². The van der Waals surface area contributed by atoms with Crippen LogP contribution in [0.5, 0.6) is 5.75 Å². The molecule has 1 fully saturated rings. The van der Waals surface area contributed by atoms with Crippen LogP contribution in [0.25, 0.3) is 0 Å². The van der Waals surface area contributed by atoms with Crippen LogP contribution in [0.2, 0.25) is 5.02 Å². The van der Waals surface area contributed by atoms with Crippen LogP contribution in [0.15, 0.2) is 12.1 Å². The van der Waals surface area contributed by atoms with E-state index in [2.05, 4.69) is 11.4 Å². The zero-order valence-electron chi connectivity index (χ0n) is 9.26. The number of fused-ring (bicyclic) bond motifs is 1. The van der Waals surface area contributed by atoms with E-state index in [-0.39, 0.29) is 0 Å². The van der Waals surface area contributed by atoms with Crippen molar-refractivity contribution >= 4 is 11.6 Å². The largest absolute Gasteiger partial charge is 0.493 e. The Kier molecular flexibility index (Phi) is 2.78. The maximum absolute atomic E-state index is 6.15. The van der Waals surface area contributed by atoms with Gasteiger partial charge in [0.1, 0.15) is 5.75 Å². The number of halogens is 1. The van der Waals surface area contributed by atoms with Crippen LogP contribution in [0.1, 0.15) is 36.4 Å². The first-order valence-corrected chi connectivity index (χ1v) is 6.41. The fourth-order valence-corrected chi connectivity index (χ4v) is 2.94. The summed E-state index contributed by atoms with van der Waals surface area (Å²) < 4.78 is 5.69. The molecule has 0 aromatic heterocycles. The Morgan fingerprint density at radius 2 is 2.25 bits per heavy atom. The first-order valence-electron chi connectivity index (χ1n) is 6.03. The van der Waals surface area contributed by atoms with Crippen molar-refractivity contribution in [3.8, 4) is 5.75 Å². The molecule has 16 heavy (non-hydrogen) atoms. The second-order valence-electron chi connectivity index (χ2n) is 4.57. The second kappa shape index (κ2) is 4.27. The van der Waals surface area contributed by atoms with E-state index in [0.29, 0.717) is 6.04 Å². The highest BCUT2D eigenvalue weighted by Gasteiger charge is 2.23. The average Bonchev–Trinajstić information content (AvgIpc) is 2.81. The number of nitrogens with one attached hydrogen (secondary N) is 1. The zero-order valence-corrected chi connectivity index (χ0v) is 10.0. The first-order chi connectivity index (χ1) is 7.84. The smallest absolute Gasteiger partial charge is 0.124 e. The van der Waals surface area contributed by atoms with Crippen molar-refractivity contribution < 1.29 is 4.74 Å². The molecule has 2 nitrogen and oxygen atoms in total. The molecule has 1 N–H and O–H groups in total. The van der Waals surface area contributed by atoms with Crippen LogP contribution in [0.3, 0.4) is 0 Å². The van der Waals surface area contributed by atoms with Gasteiger partial charge in [0.25, 0.3) is 0 Å². The van der Waals surface area contributed by atoms with Crippen molar-refractivity contribution in [1.82, 2.24) is 5.32 Å². The Morgan fingerprint density at radius 3 is 3.06 bits per heavy atom. The SMILES string of the molecule is Clc1cc2c(c(C3CCCN3)c1)CCCO2. The van der Waals surface area contributed by atoms with Gasteiger partial charge < -0.3 is 10.1 Å². The van der Waals surface area contributed by atoms with E-state index in [0.717, 1.165) is 36.8 Å². The Balaban J connectivity index is 2.04. The third-order valence-electron chi connectivity index (χ3n) is 3.47. The van der Waals surface area contributed by atoms with Crippen molar-refractivity contribution in [3.63, 3.8) is 0 Å². The lowest BCUT2D eigenvalue weighted by atomic mass is 9.94. The molecule has 2 aliphatic heterocycles. The molecule has 86 valence electrons. The van der Waals surface area contributed by atoms with Crippen LogP contribution in [0, 0.1) is 0 Å². The van der Waals surface area contributed by atoms with Crippen LogP contribution in [-0.4, -0.2) is 13.2 Å². The third kappa shape index (κ3) is 1.80. The van der Waals surface area contributed by atoms with E-state index < -0.39 is 0 Å². The van der Waals surface area contributed by atoms with Gasteiger partial charge in [0, 0.05) is 11.1 Å². The Labute approximate surface area is 101 Å². The average molecular weight is 238 g/mol. The van der Waals surface area contributed by atoms with Crippen LogP contribution in [-0.2, 0) is 6.42 Å². The van der Waals surface area contributed by atoms with Gasteiger partial charge in [-0.2, -0.15) is 0 Å². The summed E-state index contributed by atoms with van der Waals surface area (Å²) >= 11 is 6.15. The summed E-state index contributed by atoms with van der Waals surface area (Å²) in [6, 6.07) is 4.54. The molecule has 0 bridgehead atoms. The van der Waals surface area contributed by atoms with Crippen molar-refractivity contribution in [2.45, 2.75) is 31.7 Å². The van der Waals surface area contributed by atoms with Gasteiger partial charge in [0.2, 0.25) is 0 Å². The molecule has 0 aliphatic carbocycles. The normalized spacial score (nSPS) is 23.9. The fourth-order valence-electron chi connectivity index (χ4n) is 2.72. The standard InChI is InChI=1S/C13H16ClNO/c14-9-7-11(12-4-1-5-15-12)10-3-2-6-16-13(10)8-9/h7-8,12,15H,1-6H2. The van der Waals surface area contributed by atoms with E-state index >= 15 is 0 Å². The molecule has 1 aromatic rings. The molecule has 2 aliphatic rings. The molecule has 1 saturated heterocycles. The van der Waals surface area contributed by atoms with Gasteiger partial charge in [-0.15, -0.1) is 0 Å². The minimum atomic E-state index is 0.481. The topological polar surface area (TPSA) is 21.3 Å². The van der Waals surface area contributed by atoms with E-state index in [1.807, 2.05) is 6.07 Å². The number of rotatable bonds is 1. The molecular weight excluding hydrogens is 222 g/mol. The van der Waals surface area contributed by atoms with Crippen molar-refractivity contribution in [2.24, 2.45) is 0 Å². The number of hydrogen-bond acceptors (Lipinski definition) is 2. The van der Waals surface area contributed by atoms with E-state index in [1.54, 1.807) is 0 Å². The quantitative estimate of drug-likeness (QED) is 0.811. The predicted molar refractivity (Wildman–Crippen MR) is 65.2 cm³/mol. The number of ether oxygens (including phenoxy) is 1. The molecule has 2 heterocycles. The summed E-state index contributed by atoms with van der Waals surface area (Å²) in [6.45, 7) is 1.94. The maximum atomic E-state index is 6.15. The highest BCUT2D eigenvalue weighted by atomic mass is 35.5. The first kappa shape index (κ1) is 10.4. The Hall–Kier alpha value is -0.730. The lowest BCUT2D eigenvalue weighted by Crippen LogP contribution is -2.18. The molecule has 3 heteroatoms. The monoisotopic (exact) mass is 237 g/mol. The Bertz CT molecular complexity index is 399. The summed E-state index contributed by atoms with van der Waals surface area (Å²) in [5.41, 5.74) is 2.73. The van der Waals surface area contributed by atoms with E-state index in [4.69, 9.17) is 16.3 Å². The molecule has 3 rings (SSSR count). The van der Waals surface area contributed by atoms with Gasteiger partial charge in [-0.25, -0.2) is 0 Å². The predicted octanol–water partition coefficient (Wildman–Crippen LogP) is 3.09. The van der Waals surface area contributed by atoms with Crippen LogP contribution in [0.4, 0.5) is 0 Å². The number of benzene rings is 1. The second-order valence-corrected chi connectivity index (χ2v) is 5.01. The Morgan fingerprint density at radius 1 is 1.31 bits per heavy atom. The van der Waals surface area contributed by atoms with Crippen molar-refractivity contribution in [3.05, 3.63) is 28.3 Å². The van der Waals surface area contributed by atoms with Gasteiger partial charge in [-0.05, 0) is 55.5 Å². The highest BCUT2D eigenvalue weighted by molar-refractivity contribution is 6.30. The summed E-state index contributed by atoms with van der Waals surface area (Å²) in [6.07, 6.45) is 4.72. The number of hydrogen-bond donors (Lipinski definition) is 1. The van der Waals surface area contributed by atoms with Gasteiger partial charge in [0.15, 0.2) is 0 Å². The van der Waals surface area contributed by atoms with Crippen molar-refractivity contribution in [2.75, 3.05) is 13.2 Å². The molecule has 1 unspecified atom stereocenters. The van der Waals surface area contributed by atoms with Crippen LogP contribution >= 0.6 is 11.6 Å². The molecule has 0 radical (unpaired) electrons. The van der Waals surface area contributed by atoms with E-state index in [9.17, 15) is 0 Å². The fraction of sp³-hybridized carbons (Fsp3) is 0.538.